The van der Waals surface area contributed by atoms with Gasteiger partial charge in [0.25, 0.3) is 0 Å². The van der Waals surface area contributed by atoms with Crippen LogP contribution < -0.4 is 10.1 Å². The second-order valence-electron chi connectivity index (χ2n) is 5.77. The fourth-order valence-corrected chi connectivity index (χ4v) is 3.82. The minimum absolute atomic E-state index is 0.184. The highest BCUT2D eigenvalue weighted by molar-refractivity contribution is 7.10. The van der Waals surface area contributed by atoms with Crippen LogP contribution in [0.1, 0.15) is 24.6 Å². The van der Waals surface area contributed by atoms with E-state index in [0.717, 1.165) is 4.88 Å². The Morgan fingerprint density at radius 2 is 2.42 bits per heavy atom. The molecule has 0 fully saturated rings. The average molecular weight is 347 g/mol. The lowest BCUT2D eigenvalue weighted by atomic mass is 9.75. The normalized spacial score (nSPS) is 20.8. The average Bonchev–Trinajstić information content (AvgIpc) is 3.09. The first-order chi connectivity index (χ1) is 11.6. The van der Waals surface area contributed by atoms with Crippen molar-refractivity contribution in [2.75, 3.05) is 19.7 Å². The maximum absolute atomic E-state index is 12.6. The summed E-state index contributed by atoms with van der Waals surface area (Å²) in [5, 5.41) is 15.0. The topological polar surface area (TPSA) is 58.6 Å². The molecular weight excluding hydrogens is 322 g/mol. The molecule has 2 N–H and O–H groups in total. The van der Waals surface area contributed by atoms with Gasteiger partial charge in [-0.15, -0.1) is 17.9 Å². The van der Waals surface area contributed by atoms with Crippen LogP contribution in [0.4, 0.5) is 0 Å². The van der Waals surface area contributed by atoms with Crippen molar-refractivity contribution < 1.29 is 14.6 Å². The number of hydrogen-bond donors (Lipinski definition) is 2. The van der Waals surface area contributed by atoms with E-state index < -0.39 is 11.5 Å². The zero-order valence-corrected chi connectivity index (χ0v) is 14.8. The summed E-state index contributed by atoms with van der Waals surface area (Å²) in [6.07, 6.45) is 10.1. The predicted octanol–water partition coefficient (Wildman–Crippen LogP) is 3.00. The van der Waals surface area contributed by atoms with Gasteiger partial charge in [0, 0.05) is 19.5 Å². The van der Waals surface area contributed by atoms with Crippen LogP contribution in [0.5, 0.6) is 5.75 Å². The monoisotopic (exact) mass is 347 g/mol. The molecule has 24 heavy (non-hydrogen) atoms. The van der Waals surface area contributed by atoms with E-state index in [2.05, 4.69) is 11.9 Å². The molecule has 0 spiro atoms. The summed E-state index contributed by atoms with van der Waals surface area (Å²) >= 11 is 1.53. The maximum Gasteiger partial charge on any atom is 0.148 e. The van der Waals surface area contributed by atoms with Gasteiger partial charge < -0.3 is 15.2 Å². The number of carbonyl (C=O) groups excluding carboxylic acids is 1. The number of Topliss-reactive ketones (excluding diaryl/α,β-unsaturated/α-hetero) is 1. The first kappa shape index (κ1) is 18.6. The largest absolute Gasteiger partial charge is 0.490 e. The Morgan fingerprint density at radius 1 is 1.58 bits per heavy atom. The number of hydrogen-bond acceptors (Lipinski definition) is 5. The summed E-state index contributed by atoms with van der Waals surface area (Å²) in [7, 11) is 0. The predicted molar refractivity (Wildman–Crippen MR) is 98.8 cm³/mol. The van der Waals surface area contributed by atoms with E-state index in [1.54, 1.807) is 6.08 Å². The molecule has 4 nitrogen and oxygen atoms in total. The summed E-state index contributed by atoms with van der Waals surface area (Å²) in [5.41, 5.74) is -0.640. The van der Waals surface area contributed by atoms with Crippen molar-refractivity contribution >= 4 is 17.1 Å². The second-order valence-corrected chi connectivity index (χ2v) is 6.68. The zero-order chi connectivity index (χ0) is 17.4. The number of aliphatic hydroxyl groups excluding tert-OH is 1. The molecule has 130 valence electrons. The molecule has 2 rings (SSSR count). The molecule has 0 saturated carbocycles. The van der Waals surface area contributed by atoms with Crippen LogP contribution in [-0.4, -0.2) is 36.7 Å². The third kappa shape index (κ3) is 4.23. The van der Waals surface area contributed by atoms with Gasteiger partial charge in [0.15, 0.2) is 0 Å². The Labute approximate surface area is 147 Å². The molecule has 0 amide bonds. The second kappa shape index (κ2) is 8.97. The quantitative estimate of drug-likeness (QED) is 0.505. The number of rotatable bonds is 10. The van der Waals surface area contributed by atoms with E-state index in [-0.39, 0.29) is 12.4 Å². The van der Waals surface area contributed by atoms with E-state index in [9.17, 15) is 9.90 Å². The van der Waals surface area contributed by atoms with Crippen LogP contribution in [0.15, 0.2) is 48.4 Å². The molecule has 0 bridgehead atoms. The number of thiophene rings is 1. The Hall–Kier alpha value is -1.69. The van der Waals surface area contributed by atoms with Gasteiger partial charge in [0.2, 0.25) is 0 Å². The molecule has 1 aliphatic rings. The van der Waals surface area contributed by atoms with E-state index in [4.69, 9.17) is 4.74 Å². The van der Waals surface area contributed by atoms with Crippen LogP contribution in [0.2, 0.25) is 0 Å². The van der Waals surface area contributed by atoms with E-state index in [1.807, 2.05) is 42.7 Å². The van der Waals surface area contributed by atoms with E-state index in [0.29, 0.717) is 31.7 Å². The highest BCUT2D eigenvalue weighted by atomic mass is 32.1. The van der Waals surface area contributed by atoms with Crippen LogP contribution in [0.3, 0.4) is 0 Å². The first-order valence-electron chi connectivity index (χ1n) is 8.22. The highest BCUT2D eigenvalue weighted by Gasteiger charge is 2.39. The molecule has 5 heteroatoms. The van der Waals surface area contributed by atoms with Gasteiger partial charge in [-0.1, -0.05) is 37.3 Å². The number of ether oxygens (including phenoxy) is 1. The Bertz CT molecular complexity index is 620. The molecule has 2 atom stereocenters. The van der Waals surface area contributed by atoms with Gasteiger partial charge in [-0.2, -0.15) is 0 Å². The fourth-order valence-electron chi connectivity index (χ4n) is 2.77. The number of allylic oxidation sites excluding steroid dienone is 4. The van der Waals surface area contributed by atoms with Gasteiger partial charge >= 0.3 is 0 Å². The standard InChI is InChI=1S/C19H25NO3S/c1-3-11-20-13-15(21)14-23-16-8-12-24-18(16)19(17(22)4-2)9-6-5-7-10-19/h3,5-9,12,15,20-21H,1,4,10-11,13-14H2,2H3. The van der Waals surface area contributed by atoms with Crippen LogP contribution in [-0.2, 0) is 10.2 Å². The molecule has 1 aliphatic carbocycles. The minimum Gasteiger partial charge on any atom is -0.490 e. The molecule has 0 radical (unpaired) electrons. The van der Waals surface area contributed by atoms with E-state index in [1.165, 1.54) is 11.3 Å². The third-order valence-corrected chi connectivity index (χ3v) is 5.09. The molecule has 0 aliphatic heterocycles. The summed E-state index contributed by atoms with van der Waals surface area (Å²) in [4.78, 5) is 13.6. The molecule has 1 aromatic rings. The fraction of sp³-hybridized carbons (Fsp3) is 0.421. The molecule has 1 aromatic heterocycles. The molecule has 0 aromatic carbocycles. The third-order valence-electron chi connectivity index (χ3n) is 4.02. The lowest BCUT2D eigenvalue weighted by molar-refractivity contribution is -0.122. The molecular formula is C19H25NO3S. The molecule has 1 heterocycles. The van der Waals surface area contributed by atoms with Crippen molar-refractivity contribution in [2.24, 2.45) is 0 Å². The van der Waals surface area contributed by atoms with Crippen molar-refractivity contribution in [3.63, 3.8) is 0 Å². The van der Waals surface area contributed by atoms with Crippen molar-refractivity contribution in [1.29, 1.82) is 0 Å². The smallest absolute Gasteiger partial charge is 0.148 e. The lowest BCUT2D eigenvalue weighted by Gasteiger charge is -2.29. The van der Waals surface area contributed by atoms with Gasteiger partial charge in [-0.25, -0.2) is 0 Å². The molecule has 2 unspecified atom stereocenters. The van der Waals surface area contributed by atoms with Crippen LogP contribution >= 0.6 is 11.3 Å². The minimum atomic E-state index is -0.640. The number of carbonyl (C=O) groups is 1. The van der Waals surface area contributed by atoms with Gasteiger partial charge in [-0.3, -0.25) is 4.79 Å². The van der Waals surface area contributed by atoms with Crippen molar-refractivity contribution in [1.82, 2.24) is 5.32 Å². The Balaban J connectivity index is 2.10. The van der Waals surface area contributed by atoms with Gasteiger partial charge in [-0.05, 0) is 17.9 Å². The van der Waals surface area contributed by atoms with Crippen molar-refractivity contribution in [3.05, 3.63) is 53.3 Å². The summed E-state index contributed by atoms with van der Waals surface area (Å²) in [6.45, 7) is 6.78. The van der Waals surface area contributed by atoms with Crippen molar-refractivity contribution in [2.45, 2.75) is 31.3 Å². The Morgan fingerprint density at radius 3 is 3.08 bits per heavy atom. The Kier molecular flexibility index (Phi) is 6.97. The first-order valence-corrected chi connectivity index (χ1v) is 9.10. The highest BCUT2D eigenvalue weighted by Crippen LogP contribution is 2.43. The number of nitrogens with one attached hydrogen (secondary N) is 1. The maximum atomic E-state index is 12.6. The number of ketones is 1. The number of aliphatic hydroxyl groups is 1. The SMILES string of the molecule is C=CCNCC(O)COc1ccsc1C1(C(=O)CC)C=CC=CC1. The molecule has 0 saturated heterocycles. The summed E-state index contributed by atoms with van der Waals surface area (Å²) < 4.78 is 5.83. The van der Waals surface area contributed by atoms with E-state index >= 15 is 0 Å². The van der Waals surface area contributed by atoms with Gasteiger partial charge in [0.1, 0.15) is 24.2 Å². The van der Waals surface area contributed by atoms with Crippen LogP contribution in [0.25, 0.3) is 0 Å². The van der Waals surface area contributed by atoms with Gasteiger partial charge in [0.05, 0.1) is 10.3 Å². The van der Waals surface area contributed by atoms with Crippen molar-refractivity contribution in [3.8, 4) is 5.75 Å². The van der Waals surface area contributed by atoms with Crippen LogP contribution in [0, 0.1) is 0 Å². The lowest BCUT2D eigenvalue weighted by Crippen LogP contribution is -2.34. The summed E-state index contributed by atoms with van der Waals surface area (Å²) in [6, 6.07) is 1.88. The summed E-state index contributed by atoms with van der Waals surface area (Å²) in [5.74, 6) is 0.869. The zero-order valence-electron chi connectivity index (χ0n) is 14.0.